The lowest BCUT2D eigenvalue weighted by Gasteiger charge is -2.14. The average Bonchev–Trinajstić information content (AvgIpc) is 2.32. The van der Waals surface area contributed by atoms with Gasteiger partial charge in [0, 0.05) is 10.7 Å². The van der Waals surface area contributed by atoms with Crippen molar-refractivity contribution in [2.45, 2.75) is 37.8 Å². The quantitative estimate of drug-likeness (QED) is 0.733. The molecule has 1 rings (SSSR count). The van der Waals surface area contributed by atoms with Gasteiger partial charge < -0.3 is 4.74 Å². The molecule has 0 radical (unpaired) electrons. The van der Waals surface area contributed by atoms with Crippen molar-refractivity contribution < 1.29 is 21.6 Å². The zero-order chi connectivity index (χ0) is 16.4. The monoisotopic (exact) mass is 354 g/mol. The van der Waals surface area contributed by atoms with Crippen LogP contribution in [0, 0.1) is 13.8 Å². The van der Waals surface area contributed by atoms with Crippen LogP contribution < -0.4 is 4.74 Å². The molecule has 0 spiro atoms. The molecule has 0 saturated heterocycles. The third kappa shape index (κ3) is 4.59. The first-order chi connectivity index (χ1) is 9.47. The number of ether oxygens (including phenoxy) is 1. The van der Waals surface area contributed by atoms with E-state index in [4.69, 9.17) is 15.4 Å². The maximum absolute atomic E-state index is 11.7. The standard InChI is InChI=1S/C13H19ClO5S2/c1-9(2)20(15,16)8-7-19-12-5-6-13(21(14,17)18)11(4)10(12)3/h5-6,9H,7-8H2,1-4H3. The van der Waals surface area contributed by atoms with Crippen molar-refractivity contribution in [2.75, 3.05) is 12.4 Å². The molecule has 0 aliphatic rings. The molecule has 0 atom stereocenters. The Kier molecular flexibility index (Phi) is 5.69. The van der Waals surface area contributed by atoms with Crippen molar-refractivity contribution in [3.8, 4) is 5.75 Å². The van der Waals surface area contributed by atoms with Gasteiger partial charge in [-0.1, -0.05) is 0 Å². The summed E-state index contributed by atoms with van der Waals surface area (Å²) in [6.45, 7) is 6.58. The predicted molar refractivity (Wildman–Crippen MR) is 83.4 cm³/mol. The van der Waals surface area contributed by atoms with Gasteiger partial charge in [-0.05, 0) is 51.0 Å². The van der Waals surface area contributed by atoms with Gasteiger partial charge in [-0.25, -0.2) is 16.8 Å². The van der Waals surface area contributed by atoms with Gasteiger partial charge in [-0.15, -0.1) is 0 Å². The van der Waals surface area contributed by atoms with Crippen LogP contribution in [0.5, 0.6) is 5.75 Å². The van der Waals surface area contributed by atoms with Crippen LogP contribution in [0.2, 0.25) is 0 Å². The second-order valence-electron chi connectivity index (χ2n) is 5.01. The van der Waals surface area contributed by atoms with Crippen LogP contribution in [0.15, 0.2) is 17.0 Å². The van der Waals surface area contributed by atoms with E-state index in [0.29, 0.717) is 16.9 Å². The van der Waals surface area contributed by atoms with E-state index in [0.717, 1.165) is 0 Å². The Morgan fingerprint density at radius 3 is 2.14 bits per heavy atom. The highest BCUT2D eigenvalue weighted by atomic mass is 35.7. The summed E-state index contributed by atoms with van der Waals surface area (Å²) in [6.07, 6.45) is 0. The average molecular weight is 355 g/mol. The Balaban J connectivity index is 2.91. The molecule has 0 fully saturated rings. The van der Waals surface area contributed by atoms with Gasteiger partial charge in [0.15, 0.2) is 9.84 Å². The van der Waals surface area contributed by atoms with E-state index in [2.05, 4.69) is 0 Å². The van der Waals surface area contributed by atoms with Gasteiger partial charge in [0.2, 0.25) is 0 Å². The van der Waals surface area contributed by atoms with Crippen LogP contribution in [0.4, 0.5) is 0 Å². The Labute approximate surface area is 130 Å². The molecule has 5 nitrogen and oxygen atoms in total. The van der Waals surface area contributed by atoms with Crippen molar-refractivity contribution in [2.24, 2.45) is 0 Å². The molecule has 1 aromatic rings. The predicted octanol–water partition coefficient (Wildman–Crippen LogP) is 2.43. The molecule has 0 aliphatic heterocycles. The van der Waals surface area contributed by atoms with E-state index >= 15 is 0 Å². The minimum Gasteiger partial charge on any atom is -0.492 e. The Morgan fingerprint density at radius 2 is 1.67 bits per heavy atom. The van der Waals surface area contributed by atoms with Crippen LogP contribution >= 0.6 is 10.7 Å². The lowest BCUT2D eigenvalue weighted by atomic mass is 10.1. The van der Waals surface area contributed by atoms with Crippen LogP contribution in [-0.4, -0.2) is 34.4 Å². The summed E-state index contributed by atoms with van der Waals surface area (Å²) in [6, 6.07) is 2.84. The normalized spacial score (nSPS) is 12.7. The van der Waals surface area contributed by atoms with Gasteiger partial charge in [0.05, 0.1) is 15.9 Å². The molecule has 0 heterocycles. The second kappa shape index (κ2) is 6.54. The van der Waals surface area contributed by atoms with E-state index in [1.807, 2.05) is 0 Å². The first kappa shape index (κ1) is 18.3. The summed E-state index contributed by atoms with van der Waals surface area (Å²) in [4.78, 5) is 0.0313. The first-order valence-corrected chi connectivity index (χ1v) is 10.4. The van der Waals surface area contributed by atoms with E-state index < -0.39 is 24.1 Å². The zero-order valence-electron chi connectivity index (χ0n) is 12.4. The minimum absolute atomic E-state index is 0.0216. The molecule has 0 bridgehead atoms. The Hall–Kier alpha value is -0.790. The molecule has 0 aliphatic carbocycles. The highest BCUT2D eigenvalue weighted by molar-refractivity contribution is 8.13. The maximum atomic E-state index is 11.7. The molecule has 0 aromatic heterocycles. The fourth-order valence-electron chi connectivity index (χ4n) is 1.69. The molecule has 21 heavy (non-hydrogen) atoms. The Morgan fingerprint density at radius 1 is 1.10 bits per heavy atom. The third-order valence-electron chi connectivity index (χ3n) is 3.29. The molecular formula is C13H19ClO5S2. The van der Waals surface area contributed by atoms with Gasteiger partial charge in [0.25, 0.3) is 9.05 Å². The van der Waals surface area contributed by atoms with Gasteiger partial charge in [-0.2, -0.15) is 0 Å². The molecule has 0 N–H and O–H groups in total. The molecule has 8 heteroatoms. The summed E-state index contributed by atoms with van der Waals surface area (Å²) in [5.74, 6) is 0.370. The third-order valence-corrected chi connectivity index (χ3v) is 6.93. The van der Waals surface area contributed by atoms with E-state index in [1.165, 1.54) is 12.1 Å². The summed E-state index contributed by atoms with van der Waals surface area (Å²) >= 11 is 0. The second-order valence-corrected chi connectivity index (χ2v) is 10.2. The van der Waals surface area contributed by atoms with Crippen LogP contribution in [0.3, 0.4) is 0 Å². The van der Waals surface area contributed by atoms with Gasteiger partial charge >= 0.3 is 0 Å². The molecule has 1 aromatic carbocycles. The van der Waals surface area contributed by atoms with Gasteiger partial charge in [-0.3, -0.25) is 0 Å². The lowest BCUT2D eigenvalue weighted by Crippen LogP contribution is -2.22. The minimum atomic E-state index is -3.81. The highest BCUT2D eigenvalue weighted by Gasteiger charge is 2.19. The lowest BCUT2D eigenvalue weighted by molar-refractivity contribution is 0.337. The number of sulfone groups is 1. The zero-order valence-corrected chi connectivity index (χ0v) is 14.8. The maximum Gasteiger partial charge on any atom is 0.261 e. The molecule has 120 valence electrons. The highest BCUT2D eigenvalue weighted by Crippen LogP contribution is 2.28. The summed E-state index contributed by atoms with van der Waals surface area (Å²) in [5.41, 5.74) is 1.12. The molecule has 0 saturated carbocycles. The fourth-order valence-corrected chi connectivity index (χ4v) is 3.73. The van der Waals surface area contributed by atoms with E-state index in [-0.39, 0.29) is 17.3 Å². The summed E-state index contributed by atoms with van der Waals surface area (Å²) in [5, 5.41) is -0.451. The number of rotatable bonds is 6. The Bertz CT molecular complexity index is 721. The van der Waals surface area contributed by atoms with Crippen molar-refractivity contribution in [3.05, 3.63) is 23.3 Å². The van der Waals surface area contributed by atoms with Crippen LogP contribution in [0.1, 0.15) is 25.0 Å². The number of hydrogen-bond acceptors (Lipinski definition) is 5. The number of benzene rings is 1. The molecular weight excluding hydrogens is 336 g/mol. The molecule has 0 unspecified atom stereocenters. The number of halogens is 1. The molecule has 0 amide bonds. The van der Waals surface area contributed by atoms with Crippen molar-refractivity contribution in [3.63, 3.8) is 0 Å². The summed E-state index contributed by atoms with van der Waals surface area (Å²) in [7, 11) is -1.63. The number of hydrogen-bond donors (Lipinski definition) is 0. The van der Waals surface area contributed by atoms with Crippen LogP contribution in [0.25, 0.3) is 0 Å². The largest absolute Gasteiger partial charge is 0.492 e. The SMILES string of the molecule is Cc1c(OCCS(=O)(=O)C(C)C)ccc(S(=O)(=O)Cl)c1C. The first-order valence-electron chi connectivity index (χ1n) is 6.36. The smallest absolute Gasteiger partial charge is 0.261 e. The van der Waals surface area contributed by atoms with Crippen molar-refractivity contribution >= 4 is 29.6 Å². The van der Waals surface area contributed by atoms with E-state index in [1.54, 1.807) is 27.7 Å². The van der Waals surface area contributed by atoms with Gasteiger partial charge in [0.1, 0.15) is 12.4 Å². The van der Waals surface area contributed by atoms with Crippen LogP contribution in [-0.2, 0) is 18.9 Å². The summed E-state index contributed by atoms with van der Waals surface area (Å²) < 4.78 is 51.6. The van der Waals surface area contributed by atoms with Crippen molar-refractivity contribution in [1.82, 2.24) is 0 Å². The topological polar surface area (TPSA) is 77.5 Å². The fraction of sp³-hybridized carbons (Fsp3) is 0.538. The van der Waals surface area contributed by atoms with Crippen molar-refractivity contribution in [1.29, 1.82) is 0 Å². The van der Waals surface area contributed by atoms with E-state index in [9.17, 15) is 16.8 Å².